The summed E-state index contributed by atoms with van der Waals surface area (Å²) in [4.78, 5) is 2.42. The van der Waals surface area contributed by atoms with E-state index in [2.05, 4.69) is 47.2 Å². The second-order valence-corrected chi connectivity index (χ2v) is 8.73. The van der Waals surface area contributed by atoms with Gasteiger partial charge in [0.2, 0.25) is 0 Å². The van der Waals surface area contributed by atoms with Gasteiger partial charge in [0.15, 0.2) is 0 Å². The van der Waals surface area contributed by atoms with Gasteiger partial charge in [-0.25, -0.2) is 0 Å². The van der Waals surface area contributed by atoms with E-state index < -0.39 is 0 Å². The van der Waals surface area contributed by atoms with Crippen molar-refractivity contribution >= 4 is 11.6 Å². The number of hydrogen-bond donors (Lipinski definition) is 2. The summed E-state index contributed by atoms with van der Waals surface area (Å²) < 4.78 is 5.74. The van der Waals surface area contributed by atoms with Crippen molar-refractivity contribution in [2.45, 2.75) is 58.8 Å². The third-order valence-electron chi connectivity index (χ3n) is 5.53. The maximum Gasteiger partial charge on any atom is 0.119 e. The molecule has 0 bridgehead atoms. The van der Waals surface area contributed by atoms with Gasteiger partial charge in [0, 0.05) is 24.2 Å². The van der Waals surface area contributed by atoms with Gasteiger partial charge in [0.1, 0.15) is 5.75 Å². The minimum absolute atomic E-state index is 0.184. The molecule has 0 amide bonds. The third-order valence-corrected chi connectivity index (χ3v) is 5.77. The predicted octanol–water partition coefficient (Wildman–Crippen LogP) is 5.25. The second-order valence-electron chi connectivity index (χ2n) is 8.29. The third kappa shape index (κ3) is 6.41. The fraction of sp³-hybridized carbons (Fsp3) is 0.440. The fourth-order valence-corrected chi connectivity index (χ4v) is 4.07. The Morgan fingerprint density at radius 2 is 1.90 bits per heavy atom. The normalized spacial score (nSPS) is 14.6. The van der Waals surface area contributed by atoms with Gasteiger partial charge < -0.3 is 20.3 Å². The molecule has 1 heterocycles. The highest BCUT2D eigenvalue weighted by molar-refractivity contribution is 6.30. The molecular formula is C25H34ClN3O. The van der Waals surface area contributed by atoms with Crippen molar-refractivity contribution in [3.8, 4) is 5.75 Å². The van der Waals surface area contributed by atoms with Crippen molar-refractivity contribution < 1.29 is 4.74 Å². The summed E-state index contributed by atoms with van der Waals surface area (Å²) in [6.45, 7) is 14.3. The molecule has 162 valence electrons. The molecule has 4 nitrogen and oxygen atoms in total. The highest BCUT2D eigenvalue weighted by Crippen LogP contribution is 2.23. The molecular weight excluding hydrogens is 394 g/mol. The molecule has 0 saturated carbocycles. The average Bonchev–Trinajstić information content (AvgIpc) is 2.73. The Balaban J connectivity index is 1.67. The lowest BCUT2D eigenvalue weighted by Gasteiger charge is -2.38. The maximum absolute atomic E-state index is 6.16. The van der Waals surface area contributed by atoms with Gasteiger partial charge in [-0.05, 0) is 87.7 Å². The molecule has 5 heteroatoms. The van der Waals surface area contributed by atoms with Crippen LogP contribution in [0.4, 0.5) is 0 Å². The van der Waals surface area contributed by atoms with Crippen LogP contribution >= 0.6 is 11.6 Å². The van der Waals surface area contributed by atoms with Crippen LogP contribution in [0.25, 0.3) is 0 Å². The average molecular weight is 428 g/mol. The van der Waals surface area contributed by atoms with Crippen molar-refractivity contribution in [2.75, 3.05) is 13.1 Å². The summed E-state index contributed by atoms with van der Waals surface area (Å²) in [6, 6.07) is 14.9. The Hall–Kier alpha value is -2.17. The second kappa shape index (κ2) is 10.7. The lowest BCUT2D eigenvalue weighted by molar-refractivity contribution is 0.187. The van der Waals surface area contributed by atoms with Gasteiger partial charge in [-0.15, -0.1) is 0 Å². The molecule has 2 N–H and O–H groups in total. The number of nitrogens with one attached hydrogen (secondary N) is 2. The molecule has 0 unspecified atom stereocenters. The lowest BCUT2D eigenvalue weighted by atomic mass is 10.0. The number of ether oxygens (including phenoxy) is 1. The molecule has 0 radical (unpaired) electrons. The Morgan fingerprint density at radius 3 is 2.53 bits per heavy atom. The molecule has 0 spiro atoms. The van der Waals surface area contributed by atoms with Gasteiger partial charge in [-0.3, -0.25) is 0 Å². The molecule has 1 saturated heterocycles. The van der Waals surface area contributed by atoms with Crippen molar-refractivity contribution in [3.05, 3.63) is 76.6 Å². The van der Waals surface area contributed by atoms with Crippen LogP contribution in [0.3, 0.4) is 0 Å². The first-order chi connectivity index (χ1) is 14.4. The van der Waals surface area contributed by atoms with E-state index >= 15 is 0 Å². The molecule has 1 fully saturated rings. The van der Waals surface area contributed by atoms with Crippen molar-refractivity contribution in [2.24, 2.45) is 0 Å². The van der Waals surface area contributed by atoms with Crippen LogP contribution < -0.4 is 15.4 Å². The summed E-state index contributed by atoms with van der Waals surface area (Å²) in [5.41, 5.74) is 3.71. The van der Waals surface area contributed by atoms with Crippen LogP contribution in [0.2, 0.25) is 5.02 Å². The van der Waals surface area contributed by atoms with Crippen LogP contribution in [0.1, 0.15) is 43.4 Å². The van der Waals surface area contributed by atoms with Crippen LogP contribution in [-0.4, -0.2) is 30.1 Å². The molecule has 0 aliphatic carbocycles. The molecule has 0 atom stereocenters. The van der Waals surface area contributed by atoms with E-state index in [1.165, 1.54) is 16.7 Å². The monoisotopic (exact) mass is 427 g/mol. The Labute approximate surface area is 186 Å². The van der Waals surface area contributed by atoms with Crippen LogP contribution in [0.5, 0.6) is 5.75 Å². The van der Waals surface area contributed by atoms with Gasteiger partial charge >= 0.3 is 0 Å². The molecule has 0 aromatic heterocycles. The van der Waals surface area contributed by atoms with Crippen molar-refractivity contribution in [1.29, 1.82) is 0 Å². The quantitative estimate of drug-likeness (QED) is 0.573. The number of benzene rings is 2. The minimum Gasteiger partial charge on any atom is -0.491 e. The molecule has 2 aromatic carbocycles. The summed E-state index contributed by atoms with van der Waals surface area (Å²) in [6.07, 6.45) is 2.42. The zero-order valence-electron chi connectivity index (χ0n) is 18.4. The molecule has 3 rings (SSSR count). The van der Waals surface area contributed by atoms with E-state index in [1.807, 2.05) is 38.1 Å². The zero-order chi connectivity index (χ0) is 21.5. The highest BCUT2D eigenvalue weighted by Gasteiger charge is 2.23. The first-order valence-corrected chi connectivity index (χ1v) is 11.2. The Morgan fingerprint density at radius 1 is 1.20 bits per heavy atom. The molecule has 1 aliphatic heterocycles. The van der Waals surface area contributed by atoms with Crippen molar-refractivity contribution in [3.63, 3.8) is 0 Å². The molecule has 2 aromatic rings. The number of halogens is 1. The van der Waals surface area contributed by atoms with Crippen LogP contribution in [0, 0.1) is 6.92 Å². The Kier molecular flexibility index (Phi) is 8.06. The first-order valence-electron chi connectivity index (χ1n) is 10.8. The lowest BCUT2D eigenvalue weighted by Crippen LogP contribution is -2.44. The number of nitrogens with zero attached hydrogens (tertiary/aromatic N) is 1. The van der Waals surface area contributed by atoms with E-state index in [-0.39, 0.29) is 6.10 Å². The maximum atomic E-state index is 6.16. The van der Waals surface area contributed by atoms with E-state index in [4.69, 9.17) is 16.3 Å². The van der Waals surface area contributed by atoms with Crippen molar-refractivity contribution in [1.82, 2.24) is 15.5 Å². The smallest absolute Gasteiger partial charge is 0.119 e. The van der Waals surface area contributed by atoms with E-state index in [9.17, 15) is 0 Å². The van der Waals surface area contributed by atoms with Crippen LogP contribution in [-0.2, 0) is 13.1 Å². The van der Waals surface area contributed by atoms with Crippen LogP contribution in [0.15, 0.2) is 54.9 Å². The highest BCUT2D eigenvalue weighted by atomic mass is 35.5. The molecule has 30 heavy (non-hydrogen) atoms. The van der Waals surface area contributed by atoms with Gasteiger partial charge in [0.25, 0.3) is 0 Å². The predicted molar refractivity (Wildman–Crippen MR) is 126 cm³/mol. The number of hydrogen-bond acceptors (Lipinski definition) is 4. The topological polar surface area (TPSA) is 36.5 Å². The van der Waals surface area contributed by atoms with Gasteiger partial charge in [-0.1, -0.05) is 36.4 Å². The summed E-state index contributed by atoms with van der Waals surface area (Å²) in [5.74, 6) is 1.88. The zero-order valence-corrected chi connectivity index (χ0v) is 19.1. The van der Waals surface area contributed by atoms with Gasteiger partial charge in [-0.2, -0.15) is 0 Å². The largest absolute Gasteiger partial charge is 0.491 e. The summed E-state index contributed by atoms with van der Waals surface area (Å²) in [5, 5.41) is 7.80. The Bertz CT molecular complexity index is 829. The van der Waals surface area contributed by atoms with Gasteiger partial charge in [0.05, 0.1) is 11.9 Å². The fourth-order valence-electron chi connectivity index (χ4n) is 3.85. The summed E-state index contributed by atoms with van der Waals surface area (Å²) in [7, 11) is 0. The number of aryl methyl sites for hydroxylation is 1. The SMILES string of the molecule is C=C(NCc1ccc(OC(C)C)cc1)N(Cc1ccc(Cl)cc1C)C1CCNCC1. The van der Waals surface area contributed by atoms with E-state index in [0.717, 1.165) is 55.6 Å². The van der Waals surface area contributed by atoms with E-state index in [1.54, 1.807) is 0 Å². The number of rotatable bonds is 9. The molecule has 1 aliphatic rings. The number of piperidine rings is 1. The minimum atomic E-state index is 0.184. The first kappa shape index (κ1) is 22.5. The van der Waals surface area contributed by atoms with E-state index in [0.29, 0.717) is 6.04 Å². The summed E-state index contributed by atoms with van der Waals surface area (Å²) >= 11 is 6.16. The standard InChI is InChI=1S/C25H34ClN3O/c1-18(2)30-25-9-5-21(6-10-25)16-28-20(4)29(24-11-13-27-14-12-24)17-22-7-8-23(26)15-19(22)3/h5-10,15,18,24,27-28H,4,11-14,16-17H2,1-3H3.